The average Bonchev–Trinajstić information content (AvgIpc) is 3.23. The molecule has 154 valence electrons. The molecule has 3 aromatic carbocycles. The fraction of sp³-hybridized carbons (Fsp3) is 0.174. The first kappa shape index (κ1) is 20.0. The van der Waals surface area contributed by atoms with Gasteiger partial charge in [-0.1, -0.05) is 18.2 Å². The fourth-order valence-corrected chi connectivity index (χ4v) is 4.93. The maximum Gasteiger partial charge on any atom is 0.264 e. The number of rotatable bonds is 6. The molecule has 30 heavy (non-hydrogen) atoms. The molecule has 0 saturated heterocycles. The summed E-state index contributed by atoms with van der Waals surface area (Å²) in [6.45, 7) is 2.74. The van der Waals surface area contributed by atoms with Crippen LogP contribution in [-0.2, 0) is 16.4 Å². The lowest BCUT2D eigenvalue weighted by atomic mass is 10.1. The van der Waals surface area contributed by atoms with Crippen molar-refractivity contribution in [2.75, 3.05) is 22.8 Å². The summed E-state index contributed by atoms with van der Waals surface area (Å²) >= 11 is 0. The van der Waals surface area contributed by atoms with Crippen molar-refractivity contribution in [3.8, 4) is 5.75 Å². The van der Waals surface area contributed by atoms with Gasteiger partial charge in [0.05, 0.1) is 17.2 Å². The Morgan fingerprint density at radius 2 is 1.77 bits per heavy atom. The molecule has 1 N–H and O–H groups in total. The Morgan fingerprint density at radius 1 is 1.03 bits per heavy atom. The van der Waals surface area contributed by atoms with Gasteiger partial charge < -0.3 is 10.1 Å². The third-order valence-corrected chi connectivity index (χ3v) is 6.90. The summed E-state index contributed by atoms with van der Waals surface area (Å²) in [5.74, 6) is 0.551. The van der Waals surface area contributed by atoms with Crippen molar-refractivity contribution < 1.29 is 17.9 Å². The second-order valence-corrected chi connectivity index (χ2v) is 8.77. The van der Waals surface area contributed by atoms with E-state index >= 15 is 0 Å². The Bertz CT molecular complexity index is 1160. The molecule has 0 spiro atoms. The number of hydrogen-bond donors (Lipinski definition) is 1. The van der Waals surface area contributed by atoms with Crippen molar-refractivity contribution >= 4 is 27.3 Å². The van der Waals surface area contributed by atoms with E-state index < -0.39 is 10.0 Å². The normalized spacial score (nSPS) is 12.7. The number of sulfonamides is 1. The number of nitrogens with zero attached hydrogens (tertiary/aromatic N) is 1. The van der Waals surface area contributed by atoms with Crippen LogP contribution < -0.4 is 14.4 Å². The molecular formula is C23H22N2O4S. The number of amides is 1. The first-order chi connectivity index (χ1) is 14.5. The number of carbonyl (C=O) groups excluding carboxylic acids is 1. The number of fused-ring (bicyclic) bond motifs is 1. The number of anilines is 2. The van der Waals surface area contributed by atoms with Crippen LogP contribution in [0.4, 0.5) is 11.4 Å². The standard InChI is InChI=1S/C23H22N2O4S/c1-2-25(20-6-4-3-5-7-20)30(27,28)21-11-8-17(9-12-21)23(26)24-19-10-13-22-18(16-19)14-15-29-22/h3-13,16H,2,14-15H2,1H3,(H,24,26). The second-order valence-electron chi connectivity index (χ2n) is 6.90. The van der Waals surface area contributed by atoms with Crippen LogP contribution in [0.3, 0.4) is 0 Å². The van der Waals surface area contributed by atoms with Crippen LogP contribution in [-0.4, -0.2) is 27.5 Å². The highest BCUT2D eigenvalue weighted by molar-refractivity contribution is 7.92. The summed E-state index contributed by atoms with van der Waals surface area (Å²) in [5.41, 5.74) is 2.73. The van der Waals surface area contributed by atoms with Crippen molar-refractivity contribution in [2.24, 2.45) is 0 Å². The van der Waals surface area contributed by atoms with E-state index in [1.54, 1.807) is 37.3 Å². The van der Waals surface area contributed by atoms with Gasteiger partial charge in [-0.2, -0.15) is 0 Å². The summed E-state index contributed by atoms with van der Waals surface area (Å²) in [6.07, 6.45) is 0.820. The molecule has 1 amide bonds. The first-order valence-electron chi connectivity index (χ1n) is 9.74. The number of benzene rings is 3. The van der Waals surface area contributed by atoms with E-state index in [1.165, 1.54) is 28.6 Å². The van der Waals surface area contributed by atoms with Crippen LogP contribution in [0.25, 0.3) is 0 Å². The van der Waals surface area contributed by atoms with Crippen LogP contribution in [0, 0.1) is 0 Å². The molecule has 6 nitrogen and oxygen atoms in total. The summed E-state index contributed by atoms with van der Waals surface area (Å²) < 4.78 is 32.9. The minimum atomic E-state index is -3.72. The molecule has 0 unspecified atom stereocenters. The maximum absolute atomic E-state index is 13.1. The Labute approximate surface area is 176 Å². The highest BCUT2D eigenvalue weighted by Gasteiger charge is 2.23. The Morgan fingerprint density at radius 3 is 2.47 bits per heavy atom. The Balaban J connectivity index is 1.52. The molecule has 0 bridgehead atoms. The van der Waals surface area contributed by atoms with Crippen molar-refractivity contribution in [3.05, 3.63) is 83.9 Å². The van der Waals surface area contributed by atoms with Crippen LogP contribution in [0.5, 0.6) is 5.75 Å². The lowest BCUT2D eigenvalue weighted by molar-refractivity contribution is 0.102. The first-order valence-corrected chi connectivity index (χ1v) is 11.2. The minimum absolute atomic E-state index is 0.138. The molecule has 4 rings (SSSR count). The summed E-state index contributed by atoms with van der Waals surface area (Å²) in [6, 6.07) is 20.5. The van der Waals surface area contributed by atoms with E-state index in [1.807, 2.05) is 18.2 Å². The third-order valence-electron chi connectivity index (χ3n) is 4.98. The predicted octanol–water partition coefficient (Wildman–Crippen LogP) is 4.09. The highest BCUT2D eigenvalue weighted by atomic mass is 32.2. The van der Waals surface area contributed by atoms with Crippen LogP contribution in [0.15, 0.2) is 77.7 Å². The minimum Gasteiger partial charge on any atom is -0.493 e. The highest BCUT2D eigenvalue weighted by Crippen LogP contribution is 2.28. The summed E-state index contributed by atoms with van der Waals surface area (Å²) in [7, 11) is -3.72. The fourth-order valence-electron chi connectivity index (χ4n) is 3.46. The molecule has 0 aliphatic carbocycles. The second kappa shape index (κ2) is 8.20. The molecule has 0 fully saturated rings. The molecule has 0 aromatic heterocycles. The Kier molecular flexibility index (Phi) is 5.46. The van der Waals surface area contributed by atoms with Crippen molar-refractivity contribution in [3.63, 3.8) is 0 Å². The molecule has 0 atom stereocenters. The van der Waals surface area contributed by atoms with E-state index in [0.717, 1.165) is 17.7 Å². The quantitative estimate of drug-likeness (QED) is 0.649. The predicted molar refractivity (Wildman–Crippen MR) is 117 cm³/mol. The number of carbonyl (C=O) groups is 1. The van der Waals surface area contributed by atoms with Crippen LogP contribution >= 0.6 is 0 Å². The van der Waals surface area contributed by atoms with E-state index in [-0.39, 0.29) is 10.8 Å². The molecular weight excluding hydrogens is 400 g/mol. The summed E-state index contributed by atoms with van der Waals surface area (Å²) in [5, 5.41) is 2.85. The van der Waals surface area contributed by atoms with Gasteiger partial charge in [0.25, 0.3) is 15.9 Å². The van der Waals surface area contributed by atoms with Crippen molar-refractivity contribution in [1.29, 1.82) is 0 Å². The van der Waals surface area contributed by atoms with Gasteiger partial charge in [0, 0.05) is 24.2 Å². The molecule has 3 aromatic rings. The molecule has 1 heterocycles. The van der Waals surface area contributed by atoms with Gasteiger partial charge in [-0.25, -0.2) is 8.42 Å². The van der Waals surface area contributed by atoms with E-state index in [2.05, 4.69) is 5.32 Å². The SMILES string of the molecule is CCN(c1ccccc1)S(=O)(=O)c1ccc(C(=O)Nc2ccc3c(c2)CCO3)cc1. The molecule has 0 radical (unpaired) electrons. The van der Waals surface area contributed by atoms with Crippen molar-refractivity contribution in [2.45, 2.75) is 18.2 Å². The van der Waals surface area contributed by atoms with Gasteiger partial charge in [-0.15, -0.1) is 0 Å². The smallest absolute Gasteiger partial charge is 0.264 e. The molecule has 1 aliphatic heterocycles. The summed E-state index contributed by atoms with van der Waals surface area (Å²) in [4.78, 5) is 12.7. The molecule has 0 saturated carbocycles. The van der Waals surface area contributed by atoms with E-state index in [0.29, 0.717) is 30.1 Å². The monoisotopic (exact) mass is 422 g/mol. The average molecular weight is 423 g/mol. The van der Waals surface area contributed by atoms with Crippen LogP contribution in [0.1, 0.15) is 22.8 Å². The van der Waals surface area contributed by atoms with Gasteiger partial charge in [0.1, 0.15) is 5.75 Å². The van der Waals surface area contributed by atoms with Crippen molar-refractivity contribution in [1.82, 2.24) is 0 Å². The molecule has 7 heteroatoms. The zero-order valence-corrected chi connectivity index (χ0v) is 17.4. The number of ether oxygens (including phenoxy) is 1. The topological polar surface area (TPSA) is 75.7 Å². The zero-order valence-electron chi connectivity index (χ0n) is 16.5. The van der Waals surface area contributed by atoms with E-state index in [9.17, 15) is 13.2 Å². The van der Waals surface area contributed by atoms with E-state index in [4.69, 9.17) is 4.74 Å². The molecule has 1 aliphatic rings. The van der Waals surface area contributed by atoms with Crippen LogP contribution in [0.2, 0.25) is 0 Å². The van der Waals surface area contributed by atoms with Gasteiger partial charge in [0.15, 0.2) is 0 Å². The largest absolute Gasteiger partial charge is 0.493 e. The lowest BCUT2D eigenvalue weighted by Gasteiger charge is -2.23. The zero-order chi connectivity index (χ0) is 21.1. The third kappa shape index (κ3) is 3.89. The van der Waals surface area contributed by atoms with Gasteiger partial charge >= 0.3 is 0 Å². The van der Waals surface area contributed by atoms with Gasteiger partial charge in [-0.05, 0) is 67.1 Å². The maximum atomic E-state index is 13.1. The Hall–Kier alpha value is -3.32. The van der Waals surface area contributed by atoms with Gasteiger partial charge in [-0.3, -0.25) is 9.10 Å². The number of nitrogens with one attached hydrogen (secondary N) is 1. The van der Waals surface area contributed by atoms with Gasteiger partial charge in [0.2, 0.25) is 0 Å². The number of para-hydroxylation sites is 1. The number of hydrogen-bond acceptors (Lipinski definition) is 4. The lowest BCUT2D eigenvalue weighted by Crippen LogP contribution is -2.30.